The number of aliphatic hydroxyl groups excluding tert-OH is 3. The van der Waals surface area contributed by atoms with Crippen LogP contribution in [0.1, 0.15) is 229 Å². The first-order chi connectivity index (χ1) is 61.6. The van der Waals surface area contributed by atoms with Gasteiger partial charge < -0.3 is 67.4 Å². The van der Waals surface area contributed by atoms with Gasteiger partial charge in [-0.1, -0.05) is 108 Å². The molecule has 5 aromatic heterocycles. The summed E-state index contributed by atoms with van der Waals surface area (Å²) in [6.45, 7) is 9.43. The van der Waals surface area contributed by atoms with Crippen LogP contribution in [0.5, 0.6) is 5.75 Å². The number of hydrogen-bond acceptors (Lipinski definition) is 17. The predicted molar refractivity (Wildman–Crippen MR) is 484 cm³/mol. The van der Waals surface area contributed by atoms with Crippen molar-refractivity contribution in [1.29, 1.82) is 5.26 Å². The molecule has 7 amide bonds. The molecule has 29 nitrogen and oxygen atoms in total. The standard InChI is InChI=1S/C20H19N3O3.2C19H20Cl2N2O3.C19H21N3O3.C17H17Cl2N3O4/c21-10-15-9-14(19(25)12-24)8-13-5-7-22(11-17(13)15)20(26)18-2-1-6-23(18)16-3-4-16;1-19(2)10-23(18(26)15-7-14(20)17(21)22(15)3)8-12-5-4-11(6-13(12)19)16(25)9-24;1-22-16(10-15(20)18(22)21)19(26)23-7-2-3-12-4-5-14(17(25)11-24)9-13(12)6-8-23;1-12-9-14(18(23)20-25)10-13-6-8-21(11-16(12)13)19(24)17-3-2-7-22(17)15-4-5-15;1-21-13(7-12(18)15(21)19)17(24)22-4-3-9-5-10(16(23)20-25)6-14(26-2)11(9)8-22/h1-2,6,8-9,16,24H,3-5,7,11-12H2;4-7,24H,8-10H2,1-3H3;4-5,9-10,24H,2-3,6-8,11H2,1H3;2-3,7,9-10,15,25H,4-6,8,11H2,1H3,(H,20,23);5-7,25H,3-4,8H2,1-2H3,(H,20,23). The molecule has 35 heteroatoms. The Labute approximate surface area is 774 Å². The number of hydrogen-bond donors (Lipinski definition) is 7. The zero-order valence-corrected chi connectivity index (χ0v) is 76.5. The summed E-state index contributed by atoms with van der Waals surface area (Å²) in [6.07, 6.45) is 12.6. The molecule has 2 saturated carbocycles. The highest BCUT2D eigenvalue weighted by Crippen LogP contribution is 2.41. The van der Waals surface area contributed by atoms with E-state index in [-0.39, 0.29) is 46.5 Å². The molecule has 0 saturated heterocycles. The molecule has 5 aromatic carbocycles. The largest absolute Gasteiger partial charge is 0.496 e. The predicted octanol–water partition coefficient (Wildman–Crippen LogP) is 13.8. The van der Waals surface area contributed by atoms with E-state index in [0.29, 0.717) is 196 Å². The lowest BCUT2D eigenvalue weighted by atomic mass is 9.77. The van der Waals surface area contributed by atoms with Crippen LogP contribution in [0.3, 0.4) is 0 Å². The van der Waals surface area contributed by atoms with E-state index < -0.39 is 37.4 Å². The van der Waals surface area contributed by atoms with Crippen molar-refractivity contribution in [2.45, 2.75) is 129 Å². The number of aryl methyl sites for hydroxylation is 2. The first kappa shape index (κ1) is 95.2. The van der Waals surface area contributed by atoms with Crippen molar-refractivity contribution in [1.82, 2.24) is 58.3 Å². The topological polar surface area (TPSA) is 370 Å². The summed E-state index contributed by atoms with van der Waals surface area (Å²) in [5, 5.41) is 56.4. The summed E-state index contributed by atoms with van der Waals surface area (Å²) >= 11 is 36.3. The number of ketones is 3. The number of aliphatic hydroxyl groups is 3. The minimum absolute atomic E-state index is 0.0213. The van der Waals surface area contributed by atoms with Gasteiger partial charge in [-0.25, -0.2) is 11.0 Å². The van der Waals surface area contributed by atoms with Crippen LogP contribution in [0.25, 0.3) is 0 Å². The van der Waals surface area contributed by atoms with Gasteiger partial charge in [0.25, 0.3) is 41.4 Å². The summed E-state index contributed by atoms with van der Waals surface area (Å²) in [6, 6.07) is 36.3. The van der Waals surface area contributed by atoms with Gasteiger partial charge in [0, 0.05) is 150 Å². The Morgan fingerprint density at radius 3 is 1.31 bits per heavy atom. The second-order valence-electron chi connectivity index (χ2n) is 33.4. The zero-order chi connectivity index (χ0) is 92.9. The number of amides is 7. The smallest absolute Gasteiger partial charge is 0.274 e. The number of carbonyl (C=O) groups excluding carboxylic acids is 10. The van der Waals surface area contributed by atoms with Crippen LogP contribution in [0.2, 0.25) is 30.5 Å². The van der Waals surface area contributed by atoms with Gasteiger partial charge in [0.05, 0.1) is 33.8 Å². The van der Waals surface area contributed by atoms with E-state index in [9.17, 15) is 53.2 Å². The Hall–Kier alpha value is -11.4. The SMILES string of the molecule is COc1cc(C(=O)NO)cc2c1CN(C(=O)c1cc(Cl)c(Cl)n1C)CC2.Cc1cc(C(=O)NO)cc2c1CN(C(=O)c1cccn1C1CC1)CC2.Cn1c(C(=O)N2CCCc3ccc(C(=O)CO)cc3CC2)cc(Cl)c1Cl.Cn1c(C(=O)N2Cc3ccc(C(=O)CO)cc3C(C)(C)C2)cc(Cl)c1Cl.N#Cc1cc(C(=O)CO)cc2c1CN(C(=O)c1cccn1C1CC1)CC2. The van der Waals surface area contributed by atoms with Gasteiger partial charge in [-0.05, 0) is 218 Å². The Balaban J connectivity index is 0.000000138. The summed E-state index contributed by atoms with van der Waals surface area (Å²) in [5.74, 6) is -2.03. The number of fused-ring (bicyclic) bond motifs is 5. The number of rotatable bonds is 16. The number of nitriles is 1. The van der Waals surface area contributed by atoms with Gasteiger partial charge in [0.2, 0.25) is 0 Å². The molecule has 129 heavy (non-hydrogen) atoms. The van der Waals surface area contributed by atoms with Crippen LogP contribution in [0, 0.1) is 18.3 Å². The first-order valence-electron chi connectivity index (χ1n) is 41.9. The van der Waals surface area contributed by atoms with E-state index >= 15 is 0 Å². The number of ether oxygens (including phenoxy) is 1. The van der Waals surface area contributed by atoms with Crippen LogP contribution < -0.4 is 15.7 Å². The van der Waals surface area contributed by atoms with E-state index in [1.54, 1.807) is 114 Å². The average Bonchev–Trinajstić information content (AvgIpc) is 1.78. The molecule has 0 radical (unpaired) electrons. The maximum absolute atomic E-state index is 13.0. The molecule has 7 N–H and O–H groups in total. The van der Waals surface area contributed by atoms with Crippen LogP contribution in [0.15, 0.2) is 128 Å². The van der Waals surface area contributed by atoms with Crippen molar-refractivity contribution in [3.05, 3.63) is 281 Å². The monoisotopic (exact) mass is 1870 g/mol. The lowest BCUT2D eigenvalue weighted by molar-refractivity contribution is 0.0673. The summed E-state index contributed by atoms with van der Waals surface area (Å²) in [7, 11) is 6.60. The van der Waals surface area contributed by atoms with E-state index in [2.05, 4.69) is 10.6 Å². The number of halogens is 6. The van der Waals surface area contributed by atoms with E-state index in [1.165, 1.54) is 24.8 Å². The number of methoxy groups -OCH3 is 1. The number of carbonyl (C=O) groups is 10. The minimum Gasteiger partial charge on any atom is -0.496 e. The van der Waals surface area contributed by atoms with Gasteiger partial charge in [-0.2, -0.15) is 5.26 Å². The fraction of sp³-hybridized carbons (Fsp3) is 0.351. The lowest BCUT2D eigenvalue weighted by Gasteiger charge is -2.40. The summed E-state index contributed by atoms with van der Waals surface area (Å²) < 4.78 is 14.3. The number of benzene rings is 5. The van der Waals surface area contributed by atoms with Gasteiger partial charge in [0.1, 0.15) is 69.5 Å². The van der Waals surface area contributed by atoms with Crippen LogP contribution >= 0.6 is 69.6 Å². The van der Waals surface area contributed by atoms with Gasteiger partial charge >= 0.3 is 0 Å². The van der Waals surface area contributed by atoms with E-state index in [0.717, 1.165) is 99.9 Å². The van der Waals surface area contributed by atoms with Crippen molar-refractivity contribution in [3.8, 4) is 11.8 Å². The number of Topliss-reactive ketones (excluding diaryl/α,β-unsaturated/α-hetero) is 3. The van der Waals surface area contributed by atoms with Crippen LogP contribution in [0.4, 0.5) is 0 Å². The normalized spacial score (nSPS) is 15.2. The minimum atomic E-state index is -0.613. The Kier molecular flexibility index (Phi) is 30.1. The second-order valence-corrected chi connectivity index (χ2v) is 35.7. The zero-order valence-electron chi connectivity index (χ0n) is 72.0. The highest BCUT2D eigenvalue weighted by Gasteiger charge is 2.39. The molecule has 10 aromatic rings. The highest BCUT2D eigenvalue weighted by molar-refractivity contribution is 6.43. The van der Waals surface area contributed by atoms with Crippen molar-refractivity contribution in [2.75, 3.05) is 66.2 Å². The molecule has 0 unspecified atom stereocenters. The molecule has 2 aliphatic carbocycles. The number of hydroxylamine groups is 2. The third kappa shape index (κ3) is 20.8. The molecular weight excluding hydrogens is 1780 g/mol. The van der Waals surface area contributed by atoms with E-state index in [4.69, 9.17) is 100 Å². The molecule has 7 aliphatic rings. The Bertz CT molecular complexity index is 6130. The molecule has 5 aliphatic heterocycles. The molecule has 676 valence electrons. The van der Waals surface area contributed by atoms with Gasteiger partial charge in [0.15, 0.2) is 17.3 Å². The summed E-state index contributed by atoms with van der Waals surface area (Å²) in [4.78, 5) is 132. The molecule has 0 spiro atoms. The third-order valence-corrected chi connectivity index (χ3v) is 27.0. The average molecular weight is 1880 g/mol. The number of aromatic nitrogens is 5. The van der Waals surface area contributed by atoms with Crippen molar-refractivity contribution >= 4 is 128 Å². The number of nitrogens with one attached hydrogen (secondary N) is 2. The van der Waals surface area contributed by atoms with Crippen molar-refractivity contribution < 1.29 is 78.4 Å². The molecule has 2 fully saturated rings. The highest BCUT2D eigenvalue weighted by atomic mass is 35.5. The second kappa shape index (κ2) is 40.7. The quantitative estimate of drug-likeness (QED) is 0.0268. The Morgan fingerprint density at radius 1 is 0.442 bits per heavy atom. The third-order valence-electron chi connectivity index (χ3n) is 24.5. The molecule has 0 atom stereocenters. The molecule has 0 bridgehead atoms. The first-order valence-corrected chi connectivity index (χ1v) is 44.2. The van der Waals surface area contributed by atoms with Crippen LogP contribution in [-0.4, -0.2) is 198 Å². The maximum Gasteiger partial charge on any atom is 0.274 e. The maximum atomic E-state index is 13.0. The lowest BCUT2D eigenvalue weighted by Crippen LogP contribution is -2.45. The van der Waals surface area contributed by atoms with E-state index in [1.807, 2.05) is 97.2 Å². The molecule has 17 rings (SSSR count). The Morgan fingerprint density at radius 2 is 0.845 bits per heavy atom. The molecular formula is C94H97Cl6N13O16. The fourth-order valence-corrected chi connectivity index (χ4v) is 18.3. The van der Waals surface area contributed by atoms with Gasteiger partial charge in [-0.15, -0.1) is 0 Å². The summed E-state index contributed by atoms with van der Waals surface area (Å²) in [5.41, 5.74) is 19.0. The van der Waals surface area contributed by atoms with Crippen molar-refractivity contribution in [2.24, 2.45) is 21.1 Å². The van der Waals surface area contributed by atoms with Crippen LogP contribution in [-0.2, 0) is 84.8 Å². The fourth-order valence-electron chi connectivity index (χ4n) is 17.1. The molecule has 10 heterocycles. The van der Waals surface area contributed by atoms with Crippen molar-refractivity contribution in [3.63, 3.8) is 0 Å². The van der Waals surface area contributed by atoms with Gasteiger partial charge in [-0.3, -0.25) is 58.4 Å². The number of nitrogens with zero attached hydrogens (tertiary/aromatic N) is 11.